The second-order valence-corrected chi connectivity index (χ2v) is 6.53. The second-order valence-electron chi connectivity index (χ2n) is 6.53. The fraction of sp³-hybridized carbons (Fsp3) is 0.684. The summed E-state index contributed by atoms with van der Waals surface area (Å²) >= 11 is 0. The maximum Gasteiger partial charge on any atom is -0.0196 e. The smallest absolute Gasteiger partial charge is 0.0196 e. The summed E-state index contributed by atoms with van der Waals surface area (Å²) in [7, 11) is 0. The predicted molar refractivity (Wildman–Crippen MR) is 85.1 cm³/mol. The van der Waals surface area contributed by atoms with Crippen LogP contribution in [0.25, 0.3) is 0 Å². The zero-order valence-corrected chi connectivity index (χ0v) is 13.0. The first-order chi connectivity index (χ1) is 9.22. The van der Waals surface area contributed by atoms with Crippen LogP contribution in [0.2, 0.25) is 0 Å². The van der Waals surface area contributed by atoms with Crippen molar-refractivity contribution in [2.45, 2.75) is 65.7 Å². The molecular weight excluding hydrogens is 228 g/mol. The van der Waals surface area contributed by atoms with Crippen molar-refractivity contribution in [3.8, 4) is 0 Å². The molecule has 0 heteroatoms. The van der Waals surface area contributed by atoms with E-state index in [1.807, 2.05) is 0 Å². The van der Waals surface area contributed by atoms with Crippen LogP contribution in [0.1, 0.15) is 65.7 Å². The lowest BCUT2D eigenvalue weighted by molar-refractivity contribution is 0.439. The molecule has 0 nitrogen and oxygen atoms in total. The first kappa shape index (κ1) is 14.6. The van der Waals surface area contributed by atoms with E-state index in [4.69, 9.17) is 0 Å². The van der Waals surface area contributed by atoms with Gasteiger partial charge in [-0.25, -0.2) is 0 Å². The quantitative estimate of drug-likeness (QED) is 0.487. The Labute approximate surface area is 119 Å². The van der Waals surface area contributed by atoms with Gasteiger partial charge in [0.05, 0.1) is 0 Å². The van der Waals surface area contributed by atoms with Crippen molar-refractivity contribution in [2.75, 3.05) is 0 Å². The molecule has 1 saturated carbocycles. The summed E-state index contributed by atoms with van der Waals surface area (Å²) in [6.07, 6.45) is 19.1. The van der Waals surface area contributed by atoms with Crippen LogP contribution < -0.4 is 0 Å². The van der Waals surface area contributed by atoms with Gasteiger partial charge in [0.15, 0.2) is 0 Å². The largest absolute Gasteiger partial charge is 0.0884 e. The lowest BCUT2D eigenvalue weighted by Gasteiger charge is -2.19. The molecule has 0 aromatic carbocycles. The van der Waals surface area contributed by atoms with E-state index >= 15 is 0 Å². The highest BCUT2D eigenvalue weighted by molar-refractivity contribution is 5.14. The van der Waals surface area contributed by atoms with E-state index in [0.717, 1.165) is 17.8 Å². The number of hydrogen-bond acceptors (Lipinski definition) is 0. The zero-order valence-electron chi connectivity index (χ0n) is 13.0. The van der Waals surface area contributed by atoms with Gasteiger partial charge in [-0.1, -0.05) is 48.8 Å². The van der Waals surface area contributed by atoms with Crippen molar-refractivity contribution in [1.82, 2.24) is 0 Å². The summed E-state index contributed by atoms with van der Waals surface area (Å²) in [6, 6.07) is 0. The lowest BCUT2D eigenvalue weighted by atomic mass is 9.86. The molecule has 2 aliphatic rings. The summed E-state index contributed by atoms with van der Waals surface area (Å²) in [5, 5.41) is 0. The third kappa shape index (κ3) is 4.09. The van der Waals surface area contributed by atoms with Crippen LogP contribution in [0.4, 0.5) is 0 Å². The Morgan fingerprint density at radius 1 is 1.21 bits per heavy atom. The van der Waals surface area contributed by atoms with Gasteiger partial charge in [0, 0.05) is 0 Å². The third-order valence-corrected chi connectivity index (χ3v) is 4.95. The molecule has 106 valence electrons. The van der Waals surface area contributed by atoms with Crippen LogP contribution >= 0.6 is 0 Å². The highest BCUT2D eigenvalue weighted by Crippen LogP contribution is 2.46. The van der Waals surface area contributed by atoms with E-state index in [-0.39, 0.29) is 0 Å². The molecule has 1 fully saturated rings. The first-order valence-corrected chi connectivity index (χ1v) is 8.21. The van der Waals surface area contributed by atoms with Crippen LogP contribution in [-0.2, 0) is 0 Å². The van der Waals surface area contributed by atoms with Gasteiger partial charge in [0.2, 0.25) is 0 Å². The monoisotopic (exact) mass is 258 g/mol. The molecule has 0 aromatic heterocycles. The van der Waals surface area contributed by atoms with E-state index in [0.29, 0.717) is 0 Å². The minimum absolute atomic E-state index is 0.900. The van der Waals surface area contributed by atoms with E-state index in [2.05, 4.69) is 45.1 Å². The minimum atomic E-state index is 0.900. The molecule has 3 unspecified atom stereocenters. The van der Waals surface area contributed by atoms with E-state index in [1.54, 1.807) is 11.1 Å². The normalized spacial score (nSPS) is 30.4. The molecular formula is C19H30. The van der Waals surface area contributed by atoms with E-state index in [1.165, 1.54) is 44.9 Å². The van der Waals surface area contributed by atoms with Crippen molar-refractivity contribution in [3.63, 3.8) is 0 Å². The minimum Gasteiger partial charge on any atom is -0.0884 e. The fourth-order valence-corrected chi connectivity index (χ4v) is 3.83. The van der Waals surface area contributed by atoms with Crippen LogP contribution in [0.5, 0.6) is 0 Å². The summed E-state index contributed by atoms with van der Waals surface area (Å²) < 4.78 is 0. The predicted octanol–water partition coefficient (Wildman–Crippen LogP) is 6.06. The maximum absolute atomic E-state index is 2.48. The van der Waals surface area contributed by atoms with E-state index in [9.17, 15) is 0 Å². The molecule has 0 aliphatic heterocycles. The van der Waals surface area contributed by atoms with Crippen molar-refractivity contribution < 1.29 is 0 Å². The van der Waals surface area contributed by atoms with Gasteiger partial charge in [-0.2, -0.15) is 0 Å². The topological polar surface area (TPSA) is 0 Å². The second kappa shape index (κ2) is 7.12. The van der Waals surface area contributed by atoms with Gasteiger partial charge in [0.25, 0.3) is 0 Å². The van der Waals surface area contributed by atoms with Gasteiger partial charge in [-0.15, -0.1) is 0 Å². The molecule has 19 heavy (non-hydrogen) atoms. The lowest BCUT2D eigenvalue weighted by Crippen LogP contribution is -2.08. The Hall–Kier alpha value is -0.780. The van der Waals surface area contributed by atoms with Gasteiger partial charge in [0.1, 0.15) is 0 Å². The molecule has 0 spiro atoms. The third-order valence-electron chi connectivity index (χ3n) is 4.95. The average molecular weight is 258 g/mol. The molecule has 2 aliphatic carbocycles. The molecule has 0 N–H and O–H groups in total. The Bertz CT molecular complexity index is 369. The number of rotatable bonds is 7. The number of allylic oxidation sites excluding steroid dienone is 6. The van der Waals surface area contributed by atoms with Crippen molar-refractivity contribution in [3.05, 3.63) is 35.5 Å². The van der Waals surface area contributed by atoms with Gasteiger partial charge in [-0.3, -0.25) is 0 Å². The van der Waals surface area contributed by atoms with Gasteiger partial charge in [-0.05, 0) is 70.1 Å². The Morgan fingerprint density at radius 3 is 2.63 bits per heavy atom. The highest BCUT2D eigenvalue weighted by Gasteiger charge is 2.35. The van der Waals surface area contributed by atoms with Crippen LogP contribution in [-0.4, -0.2) is 0 Å². The van der Waals surface area contributed by atoms with Crippen molar-refractivity contribution in [1.29, 1.82) is 0 Å². The van der Waals surface area contributed by atoms with Crippen molar-refractivity contribution >= 4 is 0 Å². The highest BCUT2D eigenvalue weighted by atomic mass is 14.4. The average Bonchev–Trinajstić information content (AvgIpc) is 3.00. The molecule has 2 bridgehead atoms. The summed E-state index contributed by atoms with van der Waals surface area (Å²) in [5.74, 6) is 2.76. The van der Waals surface area contributed by atoms with Crippen molar-refractivity contribution in [2.24, 2.45) is 17.8 Å². The number of fused-ring (bicyclic) bond motifs is 2. The van der Waals surface area contributed by atoms with Gasteiger partial charge >= 0.3 is 0 Å². The molecule has 0 heterocycles. The standard InChI is InChI=1S/C19H30/c1-4-7-15(3)8-6-9-16(5-2)12-19-14-17-10-11-18(19)13-17/h5,8,10-11,17-19H,4,6-7,9,12-14H2,1-3H3. The fourth-order valence-electron chi connectivity index (χ4n) is 3.83. The summed E-state index contributed by atoms with van der Waals surface area (Å²) in [4.78, 5) is 0. The zero-order chi connectivity index (χ0) is 13.7. The number of hydrogen-bond donors (Lipinski definition) is 0. The molecule has 0 aromatic rings. The van der Waals surface area contributed by atoms with Crippen LogP contribution in [0.15, 0.2) is 35.5 Å². The summed E-state index contributed by atoms with van der Waals surface area (Å²) in [5.41, 5.74) is 3.26. The molecule has 0 radical (unpaired) electrons. The van der Waals surface area contributed by atoms with Gasteiger partial charge < -0.3 is 0 Å². The molecule has 0 amide bonds. The SMILES string of the molecule is CC=C(CCC=C(C)CCC)CC1CC2C=CC1C2. The summed E-state index contributed by atoms with van der Waals surface area (Å²) in [6.45, 7) is 6.76. The Balaban J connectivity index is 1.75. The molecule has 2 rings (SSSR count). The van der Waals surface area contributed by atoms with Crippen LogP contribution in [0.3, 0.4) is 0 Å². The van der Waals surface area contributed by atoms with Crippen LogP contribution in [0, 0.1) is 17.8 Å². The molecule has 3 atom stereocenters. The van der Waals surface area contributed by atoms with E-state index < -0.39 is 0 Å². The Morgan fingerprint density at radius 2 is 2.05 bits per heavy atom. The maximum atomic E-state index is 2.48. The molecule has 0 saturated heterocycles. The Kier molecular flexibility index (Phi) is 5.48. The first-order valence-electron chi connectivity index (χ1n) is 8.21.